The highest BCUT2D eigenvalue weighted by Crippen LogP contribution is 2.42. The number of para-hydroxylation sites is 1. The average Bonchev–Trinajstić information content (AvgIpc) is 3.00. The van der Waals surface area contributed by atoms with Gasteiger partial charge in [-0.25, -0.2) is 4.98 Å². The van der Waals surface area contributed by atoms with E-state index in [0.717, 1.165) is 41.5 Å². The molecule has 0 bridgehead atoms. The molecule has 0 saturated carbocycles. The van der Waals surface area contributed by atoms with Gasteiger partial charge in [-0.1, -0.05) is 25.5 Å². The lowest BCUT2D eigenvalue weighted by molar-refractivity contribution is 0.454. The highest BCUT2D eigenvalue weighted by atomic mass is 16.3. The van der Waals surface area contributed by atoms with Gasteiger partial charge in [-0.05, 0) is 30.5 Å². The molecule has 0 fully saturated rings. The van der Waals surface area contributed by atoms with Crippen molar-refractivity contribution in [2.75, 3.05) is 0 Å². The Hall–Kier alpha value is -3.28. The van der Waals surface area contributed by atoms with Gasteiger partial charge < -0.3 is 14.8 Å². The number of benzene rings is 2. The van der Waals surface area contributed by atoms with Crippen LogP contribution in [0.15, 0.2) is 41.2 Å². The molecule has 0 saturated heterocycles. The van der Waals surface area contributed by atoms with Crippen LogP contribution in [-0.2, 0) is 19.5 Å². The zero-order valence-electron chi connectivity index (χ0n) is 15.6. The molecule has 6 heteroatoms. The van der Waals surface area contributed by atoms with Crippen LogP contribution in [0.2, 0.25) is 0 Å². The normalized spacial score (nSPS) is 13.0. The molecular formula is C22H21N3O3. The Kier molecular flexibility index (Phi) is 3.69. The number of phenolic OH excluding ortho intramolecular Hbond substituents is 2. The Morgan fingerprint density at radius 2 is 2.00 bits per heavy atom. The maximum absolute atomic E-state index is 13.1. The predicted octanol–water partition coefficient (Wildman–Crippen LogP) is 3.79. The van der Waals surface area contributed by atoms with Crippen LogP contribution in [-0.4, -0.2) is 24.3 Å². The molecule has 142 valence electrons. The minimum absolute atomic E-state index is 0.0291. The summed E-state index contributed by atoms with van der Waals surface area (Å²) in [6.07, 6.45) is 2.60. The van der Waals surface area contributed by atoms with Crippen LogP contribution in [0, 0.1) is 0 Å². The van der Waals surface area contributed by atoms with Crippen molar-refractivity contribution in [3.8, 4) is 23.0 Å². The van der Waals surface area contributed by atoms with Gasteiger partial charge in [0.1, 0.15) is 11.5 Å². The minimum Gasteiger partial charge on any atom is -0.508 e. The molecule has 2 aromatic carbocycles. The van der Waals surface area contributed by atoms with Gasteiger partial charge in [0, 0.05) is 30.6 Å². The first-order valence-electron chi connectivity index (χ1n) is 9.67. The first kappa shape index (κ1) is 16.9. The fraction of sp³-hybridized carbons (Fsp3) is 0.273. The third-order valence-corrected chi connectivity index (χ3v) is 5.62. The second-order valence-corrected chi connectivity index (χ2v) is 7.35. The highest BCUT2D eigenvalue weighted by molar-refractivity contribution is 5.97. The van der Waals surface area contributed by atoms with E-state index in [-0.39, 0.29) is 17.1 Å². The van der Waals surface area contributed by atoms with E-state index < -0.39 is 0 Å². The van der Waals surface area contributed by atoms with Crippen LogP contribution in [0.3, 0.4) is 0 Å². The third kappa shape index (κ3) is 2.27. The van der Waals surface area contributed by atoms with Gasteiger partial charge in [0.05, 0.1) is 22.1 Å². The van der Waals surface area contributed by atoms with Crippen molar-refractivity contribution >= 4 is 21.8 Å². The van der Waals surface area contributed by atoms with Crippen molar-refractivity contribution in [1.82, 2.24) is 14.1 Å². The van der Waals surface area contributed by atoms with Crippen LogP contribution in [0.4, 0.5) is 0 Å². The Labute approximate surface area is 161 Å². The summed E-state index contributed by atoms with van der Waals surface area (Å²) in [6, 6.07) is 10.5. The molecule has 0 amide bonds. The summed E-state index contributed by atoms with van der Waals surface area (Å²) in [7, 11) is 0. The Morgan fingerprint density at radius 3 is 2.82 bits per heavy atom. The lowest BCUT2D eigenvalue weighted by Crippen LogP contribution is -2.28. The number of hydrogen-bond donors (Lipinski definition) is 2. The van der Waals surface area contributed by atoms with Crippen molar-refractivity contribution in [3.63, 3.8) is 0 Å². The number of aromatic hydroxyl groups is 2. The minimum atomic E-state index is -0.0365. The fourth-order valence-corrected chi connectivity index (χ4v) is 4.35. The van der Waals surface area contributed by atoms with E-state index in [4.69, 9.17) is 4.98 Å². The molecular weight excluding hydrogens is 354 g/mol. The molecule has 1 aliphatic heterocycles. The zero-order valence-corrected chi connectivity index (χ0v) is 15.6. The molecule has 3 heterocycles. The van der Waals surface area contributed by atoms with Crippen LogP contribution < -0.4 is 5.56 Å². The van der Waals surface area contributed by atoms with Gasteiger partial charge >= 0.3 is 0 Å². The molecule has 2 aromatic heterocycles. The first-order chi connectivity index (χ1) is 13.6. The lowest BCUT2D eigenvalue weighted by atomic mass is 10.0. The molecule has 0 atom stereocenters. The number of unbranched alkanes of at least 4 members (excludes halogenated alkanes) is 1. The Morgan fingerprint density at radius 1 is 1.18 bits per heavy atom. The average molecular weight is 375 g/mol. The number of hydrogen-bond acceptors (Lipinski definition) is 4. The second kappa shape index (κ2) is 6.12. The molecule has 6 nitrogen and oxygen atoms in total. The van der Waals surface area contributed by atoms with Crippen molar-refractivity contribution in [1.29, 1.82) is 0 Å². The molecule has 0 spiro atoms. The molecule has 4 aromatic rings. The van der Waals surface area contributed by atoms with E-state index in [1.54, 1.807) is 10.6 Å². The highest BCUT2D eigenvalue weighted by Gasteiger charge is 2.28. The quantitative estimate of drug-likeness (QED) is 0.571. The number of fused-ring (bicyclic) bond motifs is 6. The first-order valence-corrected chi connectivity index (χ1v) is 9.67. The molecule has 2 N–H and O–H groups in total. The van der Waals surface area contributed by atoms with E-state index in [0.29, 0.717) is 29.7 Å². The fourth-order valence-electron chi connectivity index (χ4n) is 4.35. The molecule has 5 rings (SSSR count). The van der Waals surface area contributed by atoms with Crippen molar-refractivity contribution in [2.24, 2.45) is 0 Å². The van der Waals surface area contributed by atoms with E-state index in [2.05, 4.69) is 11.5 Å². The van der Waals surface area contributed by atoms with Gasteiger partial charge in [-0.3, -0.25) is 9.36 Å². The summed E-state index contributed by atoms with van der Waals surface area (Å²) in [5.74, 6) is 0.732. The van der Waals surface area contributed by atoms with Crippen LogP contribution >= 0.6 is 0 Å². The van der Waals surface area contributed by atoms with E-state index in [1.807, 2.05) is 24.3 Å². The molecule has 28 heavy (non-hydrogen) atoms. The summed E-state index contributed by atoms with van der Waals surface area (Å²) in [5.41, 5.74) is 3.28. The Balaban J connectivity index is 1.91. The largest absolute Gasteiger partial charge is 0.508 e. The van der Waals surface area contributed by atoms with Crippen LogP contribution in [0.1, 0.15) is 25.3 Å². The van der Waals surface area contributed by atoms with Crippen LogP contribution in [0.5, 0.6) is 11.5 Å². The van der Waals surface area contributed by atoms with Crippen molar-refractivity contribution in [3.05, 3.63) is 52.3 Å². The summed E-state index contributed by atoms with van der Waals surface area (Å²) in [6.45, 7) is 3.37. The molecule has 1 aliphatic rings. The summed E-state index contributed by atoms with van der Waals surface area (Å²) < 4.78 is 3.84. The smallest absolute Gasteiger partial charge is 0.261 e. The number of aryl methyl sites for hydroxylation is 2. The second-order valence-electron chi connectivity index (χ2n) is 7.35. The number of nitrogens with zero attached hydrogens (tertiary/aromatic N) is 3. The van der Waals surface area contributed by atoms with Gasteiger partial charge in [-0.15, -0.1) is 0 Å². The molecule has 0 unspecified atom stereocenters. The van der Waals surface area contributed by atoms with Gasteiger partial charge in [0.25, 0.3) is 5.56 Å². The van der Waals surface area contributed by atoms with Crippen molar-refractivity contribution in [2.45, 2.75) is 39.3 Å². The predicted molar refractivity (Wildman–Crippen MR) is 109 cm³/mol. The maximum atomic E-state index is 13.1. The zero-order chi connectivity index (χ0) is 19.4. The van der Waals surface area contributed by atoms with E-state index in [9.17, 15) is 15.0 Å². The number of phenols is 2. The topological polar surface area (TPSA) is 80.3 Å². The third-order valence-electron chi connectivity index (χ3n) is 5.62. The SMILES string of the molecule is CCCCn1c2c(c3c(O)cc(O)cc31)CCn1c-2nc2ccccc2c1=O. The van der Waals surface area contributed by atoms with Gasteiger partial charge in [0.15, 0.2) is 5.82 Å². The summed E-state index contributed by atoms with van der Waals surface area (Å²) in [4.78, 5) is 17.9. The maximum Gasteiger partial charge on any atom is 0.261 e. The Bertz CT molecular complexity index is 1300. The number of aromatic nitrogens is 3. The lowest BCUT2D eigenvalue weighted by Gasteiger charge is -2.21. The number of rotatable bonds is 3. The van der Waals surface area contributed by atoms with Gasteiger partial charge in [0.2, 0.25) is 0 Å². The van der Waals surface area contributed by atoms with Crippen molar-refractivity contribution < 1.29 is 10.2 Å². The van der Waals surface area contributed by atoms with Gasteiger partial charge in [-0.2, -0.15) is 0 Å². The van der Waals surface area contributed by atoms with Crippen LogP contribution in [0.25, 0.3) is 33.3 Å². The van der Waals surface area contributed by atoms with E-state index >= 15 is 0 Å². The monoisotopic (exact) mass is 375 g/mol. The van der Waals surface area contributed by atoms with E-state index in [1.165, 1.54) is 6.07 Å². The standard InChI is InChI=1S/C22H21N3O3/c1-2-3-9-24-17-11-13(26)12-18(27)19(17)15-8-10-25-21(20(15)24)23-16-7-5-4-6-14(16)22(25)28/h4-7,11-12,26-27H,2-3,8-10H2,1H3. The molecule has 0 radical (unpaired) electrons. The molecule has 0 aliphatic carbocycles. The summed E-state index contributed by atoms with van der Waals surface area (Å²) >= 11 is 0. The summed E-state index contributed by atoms with van der Waals surface area (Å²) in [5, 5.41) is 22.0.